The molecule has 2 heterocycles. The molecule has 0 bridgehead atoms. The van der Waals surface area contributed by atoms with Crippen molar-refractivity contribution >= 4 is 17.7 Å². The molecule has 1 aromatic heterocycles. The number of carbonyl (C=O) groups is 1. The van der Waals surface area contributed by atoms with Crippen LogP contribution in [0.5, 0.6) is 17.2 Å². The molecule has 0 unspecified atom stereocenters. The Morgan fingerprint density at radius 1 is 1.41 bits per heavy atom. The van der Waals surface area contributed by atoms with Gasteiger partial charge in [-0.25, -0.2) is 9.55 Å². The van der Waals surface area contributed by atoms with E-state index in [1.54, 1.807) is 0 Å². The van der Waals surface area contributed by atoms with E-state index in [1.165, 1.54) is 23.8 Å². The number of Topliss-reactive ketones (excluding diaryl/α,β-unsaturated/α-hetero) is 1. The molecule has 1 aliphatic rings. The number of carbonyl (C=O) groups excluding carboxylic acids is 1. The number of allylic oxidation sites excluding steroid dienone is 1. The zero-order valence-electron chi connectivity index (χ0n) is 11.2. The lowest BCUT2D eigenvalue weighted by Crippen LogP contribution is -2.02. The molecule has 1 aromatic carbocycles. The van der Waals surface area contributed by atoms with Gasteiger partial charge in [0.1, 0.15) is 29.0 Å². The van der Waals surface area contributed by atoms with Crippen LogP contribution >= 0.6 is 0 Å². The van der Waals surface area contributed by atoms with Gasteiger partial charge in [-0.1, -0.05) is 0 Å². The van der Waals surface area contributed by atoms with E-state index in [-0.39, 0.29) is 34.5 Å². The Balaban J connectivity index is 2.03. The first-order valence-corrected chi connectivity index (χ1v) is 6.05. The molecule has 0 spiro atoms. The molecule has 2 aromatic rings. The Morgan fingerprint density at radius 2 is 2.14 bits per heavy atom. The van der Waals surface area contributed by atoms with E-state index in [0.717, 1.165) is 12.3 Å². The standard InChI is InChI=1S/C13H9N3O6/c1-15-10(14-5-11(15)16(20)21)4-9-13(19)12-7(18)2-6(17)3-8(12)22-9/h2-5,17-18H,1H3/b9-4-. The van der Waals surface area contributed by atoms with Gasteiger partial charge in [-0.2, -0.15) is 0 Å². The van der Waals surface area contributed by atoms with E-state index in [0.29, 0.717) is 0 Å². The van der Waals surface area contributed by atoms with Crippen molar-refractivity contribution in [2.45, 2.75) is 0 Å². The van der Waals surface area contributed by atoms with Gasteiger partial charge in [0.15, 0.2) is 5.76 Å². The summed E-state index contributed by atoms with van der Waals surface area (Å²) in [6, 6.07) is 2.21. The van der Waals surface area contributed by atoms with E-state index in [4.69, 9.17) is 4.74 Å². The molecule has 0 radical (unpaired) electrons. The smallest absolute Gasteiger partial charge is 0.342 e. The molecule has 1 aliphatic heterocycles. The van der Waals surface area contributed by atoms with Gasteiger partial charge in [-0.15, -0.1) is 0 Å². The fourth-order valence-electron chi connectivity index (χ4n) is 2.11. The van der Waals surface area contributed by atoms with Crippen LogP contribution in [0.1, 0.15) is 16.2 Å². The normalized spacial score (nSPS) is 15.0. The summed E-state index contributed by atoms with van der Waals surface area (Å²) in [5.41, 5.74) is -0.0761. The van der Waals surface area contributed by atoms with Crippen LogP contribution in [0.2, 0.25) is 0 Å². The van der Waals surface area contributed by atoms with Crippen molar-refractivity contribution in [3.05, 3.63) is 45.6 Å². The molecule has 0 aliphatic carbocycles. The minimum atomic E-state index is -0.606. The molecular weight excluding hydrogens is 294 g/mol. The fraction of sp³-hybridized carbons (Fsp3) is 0.0769. The van der Waals surface area contributed by atoms with Crippen LogP contribution < -0.4 is 4.74 Å². The number of rotatable bonds is 2. The zero-order valence-corrected chi connectivity index (χ0v) is 11.2. The largest absolute Gasteiger partial charge is 0.508 e. The summed E-state index contributed by atoms with van der Waals surface area (Å²) in [5.74, 6) is -1.50. The summed E-state index contributed by atoms with van der Waals surface area (Å²) < 4.78 is 6.46. The number of aromatic nitrogens is 2. The van der Waals surface area contributed by atoms with Crippen LogP contribution in [0.25, 0.3) is 6.08 Å². The van der Waals surface area contributed by atoms with Crippen LogP contribution in [0.15, 0.2) is 24.1 Å². The van der Waals surface area contributed by atoms with Crippen molar-refractivity contribution in [3.63, 3.8) is 0 Å². The van der Waals surface area contributed by atoms with Gasteiger partial charge in [0.05, 0.1) is 13.1 Å². The van der Waals surface area contributed by atoms with Gasteiger partial charge in [0.2, 0.25) is 11.6 Å². The lowest BCUT2D eigenvalue weighted by Gasteiger charge is -1.99. The molecule has 9 heteroatoms. The first kappa shape index (κ1) is 13.6. The lowest BCUT2D eigenvalue weighted by molar-refractivity contribution is -0.391. The molecule has 0 saturated carbocycles. The number of fused-ring (bicyclic) bond motifs is 1. The van der Waals surface area contributed by atoms with Crippen LogP contribution in [0, 0.1) is 10.1 Å². The van der Waals surface area contributed by atoms with Crippen LogP contribution in [-0.4, -0.2) is 30.5 Å². The second-order valence-electron chi connectivity index (χ2n) is 4.57. The van der Waals surface area contributed by atoms with Crippen molar-refractivity contribution in [3.8, 4) is 17.2 Å². The number of ketones is 1. The molecule has 0 saturated heterocycles. The van der Waals surface area contributed by atoms with Crippen molar-refractivity contribution in [1.82, 2.24) is 9.55 Å². The maximum atomic E-state index is 12.2. The van der Waals surface area contributed by atoms with E-state index >= 15 is 0 Å². The molecular formula is C13H9N3O6. The van der Waals surface area contributed by atoms with Crippen LogP contribution in [0.4, 0.5) is 5.82 Å². The molecule has 3 rings (SSSR count). The maximum Gasteiger partial charge on any atom is 0.342 e. The van der Waals surface area contributed by atoms with Crippen molar-refractivity contribution in [2.75, 3.05) is 0 Å². The summed E-state index contributed by atoms with van der Waals surface area (Å²) in [4.78, 5) is 26.2. The number of hydrogen-bond acceptors (Lipinski definition) is 7. The topological polar surface area (TPSA) is 128 Å². The minimum Gasteiger partial charge on any atom is -0.508 e. The number of nitrogens with zero attached hydrogens (tertiary/aromatic N) is 3. The minimum absolute atomic E-state index is 0.0115. The molecule has 0 amide bonds. The second-order valence-corrected chi connectivity index (χ2v) is 4.57. The summed E-state index contributed by atoms with van der Waals surface area (Å²) in [7, 11) is 1.42. The van der Waals surface area contributed by atoms with Gasteiger partial charge in [-0.05, 0) is 4.92 Å². The first-order valence-electron chi connectivity index (χ1n) is 6.05. The molecule has 22 heavy (non-hydrogen) atoms. The van der Waals surface area contributed by atoms with Crippen LogP contribution in [0.3, 0.4) is 0 Å². The number of phenolic OH excluding ortho intramolecular Hbond substituents is 2. The number of benzene rings is 1. The summed E-state index contributed by atoms with van der Waals surface area (Å²) in [5, 5.41) is 29.8. The van der Waals surface area contributed by atoms with Crippen molar-refractivity contribution in [1.29, 1.82) is 0 Å². The predicted octanol–water partition coefficient (Wildman–Crippen LogP) is 1.36. The van der Waals surface area contributed by atoms with Gasteiger partial charge in [0, 0.05) is 12.1 Å². The highest BCUT2D eigenvalue weighted by molar-refractivity contribution is 6.16. The van der Waals surface area contributed by atoms with Crippen molar-refractivity contribution in [2.24, 2.45) is 7.05 Å². The van der Waals surface area contributed by atoms with E-state index < -0.39 is 16.5 Å². The Morgan fingerprint density at radius 3 is 2.77 bits per heavy atom. The van der Waals surface area contributed by atoms with Gasteiger partial charge in [0.25, 0.3) is 0 Å². The Kier molecular flexibility index (Phi) is 2.84. The van der Waals surface area contributed by atoms with E-state index in [2.05, 4.69) is 4.98 Å². The second kappa shape index (κ2) is 4.58. The van der Waals surface area contributed by atoms with Crippen LogP contribution in [-0.2, 0) is 7.05 Å². The average Bonchev–Trinajstić information content (AvgIpc) is 2.92. The SMILES string of the molecule is Cn1c([N+](=O)[O-])cnc1/C=C1\Oc2cc(O)cc(O)c2C1=O. The highest BCUT2D eigenvalue weighted by atomic mass is 16.6. The fourth-order valence-corrected chi connectivity index (χ4v) is 2.11. The molecule has 9 nitrogen and oxygen atoms in total. The van der Waals surface area contributed by atoms with E-state index in [9.17, 15) is 25.1 Å². The Bertz CT molecular complexity index is 852. The predicted molar refractivity (Wildman–Crippen MR) is 72.6 cm³/mol. The highest BCUT2D eigenvalue weighted by Gasteiger charge is 2.32. The zero-order chi connectivity index (χ0) is 16.0. The first-order chi connectivity index (χ1) is 10.4. The molecule has 0 fully saturated rings. The van der Waals surface area contributed by atoms with E-state index in [1.807, 2.05) is 0 Å². The molecule has 112 valence electrons. The molecule has 0 atom stereocenters. The van der Waals surface area contributed by atoms with Gasteiger partial charge in [-0.3, -0.25) is 4.79 Å². The third kappa shape index (κ3) is 1.95. The maximum absolute atomic E-state index is 12.2. The van der Waals surface area contributed by atoms with Gasteiger partial charge >= 0.3 is 5.82 Å². The summed E-state index contributed by atoms with van der Waals surface area (Å²) in [6.45, 7) is 0. The van der Waals surface area contributed by atoms with Gasteiger partial charge < -0.3 is 25.1 Å². The number of ether oxygens (including phenoxy) is 1. The number of nitro groups is 1. The number of aromatic hydroxyl groups is 2. The average molecular weight is 303 g/mol. The monoisotopic (exact) mass is 303 g/mol. The highest BCUT2D eigenvalue weighted by Crippen LogP contribution is 2.40. The molecule has 2 N–H and O–H groups in total. The summed E-state index contributed by atoms with van der Waals surface area (Å²) >= 11 is 0. The lowest BCUT2D eigenvalue weighted by atomic mass is 10.1. The quantitative estimate of drug-likeness (QED) is 0.487. The number of phenols is 2. The Labute approximate surface area is 122 Å². The Hall–Kier alpha value is -3.36. The summed E-state index contributed by atoms with van der Waals surface area (Å²) in [6.07, 6.45) is 2.29. The third-order valence-electron chi connectivity index (χ3n) is 3.18. The van der Waals surface area contributed by atoms with Crippen molar-refractivity contribution < 1.29 is 24.7 Å². The number of imidazole rings is 1. The number of hydrogen-bond donors (Lipinski definition) is 2. The third-order valence-corrected chi connectivity index (χ3v) is 3.18.